The van der Waals surface area contributed by atoms with Gasteiger partial charge in [-0.25, -0.2) is 9.78 Å². The summed E-state index contributed by atoms with van der Waals surface area (Å²) in [7, 11) is 0. The first-order valence-electron chi connectivity index (χ1n) is 13.5. The van der Waals surface area contributed by atoms with Crippen molar-refractivity contribution in [1.29, 1.82) is 0 Å². The third-order valence-corrected chi connectivity index (χ3v) is 8.27. The number of carbonyl (C=O) groups excluding carboxylic acids is 1. The summed E-state index contributed by atoms with van der Waals surface area (Å²) in [4.78, 5) is 34.0. The number of Topliss-reactive ketones (excluding diaryl/α,β-unsaturated/α-hetero) is 1. The summed E-state index contributed by atoms with van der Waals surface area (Å²) in [5.41, 5.74) is 6.12. The molecule has 4 aromatic rings. The number of aryl methyl sites for hydroxylation is 1. The van der Waals surface area contributed by atoms with Gasteiger partial charge in [0.15, 0.2) is 5.78 Å². The van der Waals surface area contributed by atoms with Gasteiger partial charge in [0.2, 0.25) is 0 Å². The zero-order valence-electron chi connectivity index (χ0n) is 22.4. The Kier molecular flexibility index (Phi) is 8.24. The van der Waals surface area contributed by atoms with Gasteiger partial charge in [-0.2, -0.15) is 0 Å². The highest BCUT2D eigenvalue weighted by molar-refractivity contribution is 6.33. The van der Waals surface area contributed by atoms with E-state index in [9.17, 15) is 14.7 Å². The molecule has 0 aliphatic heterocycles. The van der Waals surface area contributed by atoms with E-state index in [0.29, 0.717) is 62.9 Å². The van der Waals surface area contributed by atoms with Crippen molar-refractivity contribution in [1.82, 2.24) is 9.97 Å². The summed E-state index contributed by atoms with van der Waals surface area (Å²) >= 11 is 13.0. The number of fused-ring (bicyclic) bond motifs is 1. The van der Waals surface area contributed by atoms with Crippen LogP contribution >= 0.6 is 23.2 Å². The van der Waals surface area contributed by atoms with Crippen LogP contribution in [0.2, 0.25) is 10.0 Å². The van der Waals surface area contributed by atoms with E-state index in [1.807, 2.05) is 43.3 Å². The van der Waals surface area contributed by atoms with E-state index in [2.05, 4.69) is 24.0 Å². The van der Waals surface area contributed by atoms with Crippen molar-refractivity contribution in [3.8, 4) is 11.4 Å². The largest absolute Gasteiger partial charge is 0.478 e. The maximum Gasteiger partial charge on any atom is 0.335 e. The maximum absolute atomic E-state index is 13.4. The van der Waals surface area contributed by atoms with Gasteiger partial charge in [0.05, 0.1) is 16.6 Å². The van der Waals surface area contributed by atoms with Crippen LogP contribution in [0.15, 0.2) is 77.9 Å². The van der Waals surface area contributed by atoms with Crippen molar-refractivity contribution >= 4 is 51.6 Å². The fourth-order valence-electron chi connectivity index (χ4n) is 5.51. The average Bonchev–Trinajstić information content (AvgIpc) is 3.35. The van der Waals surface area contributed by atoms with Crippen LogP contribution in [0, 0.1) is 6.92 Å². The molecule has 5 rings (SSSR count). The van der Waals surface area contributed by atoms with E-state index in [1.54, 1.807) is 18.2 Å². The predicted octanol–water partition coefficient (Wildman–Crippen LogP) is 8.95. The highest BCUT2D eigenvalue weighted by Crippen LogP contribution is 2.41. The van der Waals surface area contributed by atoms with Crippen LogP contribution < -0.4 is 0 Å². The SMILES string of the molecule is CCC[C@@H](CC(=O)C1=CC(C(=O)O)=C(c2c(Cl)cccc2-c2nc3cc(Cl)c(C)cc3[nH]2)CC1)c1ccccc1. The second-order valence-electron chi connectivity index (χ2n) is 10.3. The lowest BCUT2D eigenvalue weighted by atomic mass is 9.82. The number of halogens is 2. The minimum Gasteiger partial charge on any atom is -0.478 e. The Morgan fingerprint density at radius 2 is 1.80 bits per heavy atom. The summed E-state index contributed by atoms with van der Waals surface area (Å²) in [5.74, 6) is -0.434. The normalized spacial score (nSPS) is 14.3. The molecular formula is C33H30Cl2N2O3. The molecule has 1 heterocycles. The lowest BCUT2D eigenvalue weighted by molar-refractivity contribution is -0.132. The zero-order valence-corrected chi connectivity index (χ0v) is 23.9. The lowest BCUT2D eigenvalue weighted by Crippen LogP contribution is -2.15. The third-order valence-electron chi connectivity index (χ3n) is 7.55. The Morgan fingerprint density at radius 1 is 1.02 bits per heavy atom. The van der Waals surface area contributed by atoms with Crippen LogP contribution in [0.3, 0.4) is 0 Å². The highest BCUT2D eigenvalue weighted by Gasteiger charge is 2.28. The molecule has 1 aliphatic carbocycles. The van der Waals surface area contributed by atoms with Crippen LogP contribution in [-0.4, -0.2) is 26.8 Å². The Balaban J connectivity index is 1.54. The van der Waals surface area contributed by atoms with Crippen molar-refractivity contribution < 1.29 is 14.7 Å². The first kappa shape index (κ1) is 27.9. The van der Waals surface area contributed by atoms with Crippen LogP contribution in [0.5, 0.6) is 0 Å². The molecule has 0 saturated carbocycles. The molecule has 40 heavy (non-hydrogen) atoms. The number of carbonyl (C=O) groups is 2. The summed E-state index contributed by atoms with van der Waals surface area (Å²) < 4.78 is 0. The van der Waals surface area contributed by atoms with E-state index in [4.69, 9.17) is 28.2 Å². The smallest absolute Gasteiger partial charge is 0.335 e. The van der Waals surface area contributed by atoms with E-state index >= 15 is 0 Å². The van der Waals surface area contributed by atoms with Crippen molar-refractivity contribution in [3.05, 3.63) is 105 Å². The van der Waals surface area contributed by atoms with E-state index in [0.717, 1.165) is 29.5 Å². The van der Waals surface area contributed by atoms with E-state index in [1.165, 1.54) is 0 Å². The molecule has 0 fully saturated rings. The zero-order chi connectivity index (χ0) is 28.4. The molecule has 0 saturated heterocycles. The van der Waals surface area contributed by atoms with Gasteiger partial charge in [0.25, 0.3) is 0 Å². The lowest BCUT2D eigenvalue weighted by Gasteiger charge is -2.22. The summed E-state index contributed by atoms with van der Waals surface area (Å²) in [6.07, 6.45) is 4.57. The van der Waals surface area contributed by atoms with Gasteiger partial charge in [-0.15, -0.1) is 0 Å². The number of H-pyrrole nitrogens is 1. The van der Waals surface area contributed by atoms with E-state index in [-0.39, 0.29) is 17.3 Å². The monoisotopic (exact) mass is 572 g/mol. The number of hydrogen-bond donors (Lipinski definition) is 2. The Bertz CT molecular complexity index is 1630. The molecular weight excluding hydrogens is 543 g/mol. The maximum atomic E-state index is 13.4. The molecule has 0 amide bonds. The standard InChI is InChI=1S/C33H30Cl2N2O3/c1-3-8-21(20-9-5-4-6-10-20)17-30(38)22-13-14-23(25(16-22)33(39)40)31-24(11-7-12-26(31)34)32-36-28-15-19(2)27(35)18-29(28)37-32/h4-7,9-12,15-16,18,21H,3,8,13-14,17H2,1-2H3,(H,36,37)(H,39,40)/t21-/m0/s1. The Hall–Kier alpha value is -3.67. The number of carboxylic acids is 1. The molecule has 3 aromatic carbocycles. The molecule has 1 atom stereocenters. The molecule has 0 radical (unpaired) electrons. The molecule has 5 nitrogen and oxygen atoms in total. The van der Waals surface area contributed by atoms with Crippen molar-refractivity contribution in [2.45, 2.75) is 51.9 Å². The summed E-state index contributed by atoms with van der Waals surface area (Å²) in [6, 6.07) is 19.2. The van der Waals surface area contributed by atoms with Gasteiger partial charge in [-0.1, -0.05) is 79.0 Å². The first-order chi connectivity index (χ1) is 19.3. The number of allylic oxidation sites excluding steroid dienone is 2. The van der Waals surface area contributed by atoms with Crippen LogP contribution in [0.1, 0.15) is 61.6 Å². The number of nitrogens with one attached hydrogen (secondary N) is 1. The van der Waals surface area contributed by atoms with Crippen molar-refractivity contribution in [3.63, 3.8) is 0 Å². The second kappa shape index (κ2) is 11.8. The molecule has 204 valence electrons. The molecule has 1 aliphatic rings. The first-order valence-corrected chi connectivity index (χ1v) is 14.2. The quantitative estimate of drug-likeness (QED) is 0.209. The van der Waals surface area contributed by atoms with Gasteiger partial charge in [-0.05, 0) is 78.7 Å². The Labute approximate surface area is 243 Å². The third kappa shape index (κ3) is 5.63. The number of aliphatic carboxylic acids is 1. The minimum atomic E-state index is -1.09. The van der Waals surface area contributed by atoms with Crippen molar-refractivity contribution in [2.75, 3.05) is 0 Å². The number of rotatable bonds is 9. The molecule has 2 N–H and O–H groups in total. The molecule has 1 aromatic heterocycles. The number of aromatic amines is 1. The number of nitrogens with zero attached hydrogens (tertiary/aromatic N) is 1. The average molecular weight is 574 g/mol. The number of imidazole rings is 1. The number of aromatic nitrogens is 2. The number of carboxylic acid groups (broad SMARTS) is 1. The second-order valence-corrected chi connectivity index (χ2v) is 11.1. The molecule has 0 bridgehead atoms. The topological polar surface area (TPSA) is 83.1 Å². The molecule has 0 unspecified atom stereocenters. The fraction of sp³-hybridized carbons (Fsp3) is 0.242. The van der Waals surface area contributed by atoms with Gasteiger partial charge < -0.3 is 10.1 Å². The van der Waals surface area contributed by atoms with Crippen LogP contribution in [-0.2, 0) is 9.59 Å². The Morgan fingerprint density at radius 3 is 2.52 bits per heavy atom. The van der Waals surface area contributed by atoms with E-state index < -0.39 is 5.97 Å². The fourth-order valence-corrected chi connectivity index (χ4v) is 5.96. The summed E-state index contributed by atoms with van der Waals surface area (Å²) in [6.45, 7) is 4.03. The molecule has 7 heteroatoms. The highest BCUT2D eigenvalue weighted by atomic mass is 35.5. The van der Waals surface area contributed by atoms with Gasteiger partial charge in [0.1, 0.15) is 5.82 Å². The van der Waals surface area contributed by atoms with Crippen LogP contribution in [0.4, 0.5) is 0 Å². The van der Waals surface area contributed by atoms with Crippen molar-refractivity contribution in [2.24, 2.45) is 0 Å². The van der Waals surface area contributed by atoms with Gasteiger partial charge >= 0.3 is 5.97 Å². The van der Waals surface area contributed by atoms with Crippen LogP contribution in [0.25, 0.3) is 28.0 Å². The number of benzene rings is 3. The van der Waals surface area contributed by atoms with Gasteiger partial charge in [-0.3, -0.25) is 4.79 Å². The predicted molar refractivity (Wildman–Crippen MR) is 162 cm³/mol. The number of hydrogen-bond acceptors (Lipinski definition) is 3. The molecule has 0 spiro atoms. The number of ketones is 1. The van der Waals surface area contributed by atoms with Gasteiger partial charge in [0, 0.05) is 27.6 Å². The summed E-state index contributed by atoms with van der Waals surface area (Å²) in [5, 5.41) is 11.3. The minimum absolute atomic E-state index is 0.0102.